The summed E-state index contributed by atoms with van der Waals surface area (Å²) in [5.74, 6) is -0.173. The summed E-state index contributed by atoms with van der Waals surface area (Å²) < 4.78 is 4.94. The van der Waals surface area contributed by atoms with Gasteiger partial charge in [0.1, 0.15) is 4.88 Å². The monoisotopic (exact) mass is 230 g/mol. The fourth-order valence-electron chi connectivity index (χ4n) is 1.14. The summed E-state index contributed by atoms with van der Waals surface area (Å²) >= 11 is 1.28. The molecular weight excluding hydrogens is 216 g/mol. The normalized spacial score (nSPS) is 12.4. The Hall–Kier alpha value is -0.980. The number of aromatic nitrogens is 1. The Morgan fingerprint density at radius 3 is 3.13 bits per heavy atom. The van der Waals surface area contributed by atoms with Crippen LogP contribution in [-0.4, -0.2) is 42.4 Å². The fraction of sp³-hybridized carbons (Fsp3) is 0.556. The highest BCUT2D eigenvalue weighted by molar-refractivity contribution is 7.11. The van der Waals surface area contributed by atoms with Gasteiger partial charge in [0.05, 0.1) is 24.4 Å². The van der Waals surface area contributed by atoms with Crippen molar-refractivity contribution < 1.29 is 14.6 Å². The van der Waals surface area contributed by atoms with E-state index in [9.17, 15) is 4.79 Å². The topological polar surface area (TPSA) is 71.5 Å². The molecule has 2 N–H and O–H groups in total. The molecule has 1 aromatic heterocycles. The van der Waals surface area contributed by atoms with Gasteiger partial charge in [-0.3, -0.25) is 9.78 Å². The lowest BCUT2D eigenvalue weighted by Gasteiger charge is -2.15. The van der Waals surface area contributed by atoms with Gasteiger partial charge >= 0.3 is 0 Å². The van der Waals surface area contributed by atoms with Gasteiger partial charge < -0.3 is 15.2 Å². The molecule has 0 aliphatic heterocycles. The summed E-state index contributed by atoms with van der Waals surface area (Å²) in [6.45, 7) is 0.419. The number of rotatable bonds is 6. The lowest BCUT2D eigenvalue weighted by atomic mass is 10.2. The molecule has 0 spiro atoms. The number of ether oxygens (including phenoxy) is 1. The predicted molar refractivity (Wildman–Crippen MR) is 56.9 cm³/mol. The summed E-state index contributed by atoms with van der Waals surface area (Å²) in [7, 11) is 1.56. The zero-order valence-corrected chi connectivity index (χ0v) is 9.29. The van der Waals surface area contributed by atoms with Gasteiger partial charge in [0.25, 0.3) is 5.91 Å². The Labute approximate surface area is 92.1 Å². The summed E-state index contributed by atoms with van der Waals surface area (Å²) in [5, 5.41) is 11.6. The standard InChI is InChI=1S/C9H14N2O3S/c1-14-5-7(2-3-12)11-9(13)8-4-10-6-15-8/h4,6-7,12H,2-3,5H2,1H3,(H,11,13). The Morgan fingerprint density at radius 2 is 2.60 bits per heavy atom. The number of carbonyl (C=O) groups is 1. The number of carbonyl (C=O) groups excluding carboxylic acids is 1. The molecule has 0 radical (unpaired) electrons. The van der Waals surface area contributed by atoms with Crippen LogP contribution in [0.15, 0.2) is 11.7 Å². The van der Waals surface area contributed by atoms with Crippen molar-refractivity contribution in [2.24, 2.45) is 0 Å². The Balaban J connectivity index is 2.47. The Bertz CT molecular complexity index is 284. The molecule has 0 fully saturated rings. The van der Waals surface area contributed by atoms with Crippen LogP contribution in [0.4, 0.5) is 0 Å². The second kappa shape index (κ2) is 6.49. The fourth-order valence-corrected chi connectivity index (χ4v) is 1.66. The quantitative estimate of drug-likeness (QED) is 0.736. The summed E-state index contributed by atoms with van der Waals surface area (Å²) in [5.41, 5.74) is 1.60. The first kappa shape index (κ1) is 12.1. The molecule has 1 rings (SSSR count). The van der Waals surface area contributed by atoms with Crippen molar-refractivity contribution >= 4 is 17.2 Å². The van der Waals surface area contributed by atoms with Crippen LogP contribution in [0.1, 0.15) is 16.1 Å². The number of nitrogens with zero attached hydrogens (tertiary/aromatic N) is 1. The van der Waals surface area contributed by atoms with Crippen LogP contribution in [0.3, 0.4) is 0 Å². The van der Waals surface area contributed by atoms with E-state index in [1.807, 2.05) is 0 Å². The molecule has 1 aromatic rings. The van der Waals surface area contributed by atoms with Crippen LogP contribution in [0.25, 0.3) is 0 Å². The molecule has 84 valence electrons. The summed E-state index contributed by atoms with van der Waals surface area (Å²) in [4.78, 5) is 16.0. The van der Waals surface area contributed by atoms with Gasteiger partial charge in [-0.15, -0.1) is 11.3 Å². The average Bonchev–Trinajstić information content (AvgIpc) is 2.71. The van der Waals surface area contributed by atoms with Crippen molar-refractivity contribution in [2.45, 2.75) is 12.5 Å². The Morgan fingerprint density at radius 1 is 1.80 bits per heavy atom. The minimum absolute atomic E-state index is 0.0248. The Kier molecular flexibility index (Phi) is 5.23. The van der Waals surface area contributed by atoms with Crippen LogP contribution in [0.2, 0.25) is 0 Å². The van der Waals surface area contributed by atoms with Crippen LogP contribution < -0.4 is 5.32 Å². The van der Waals surface area contributed by atoms with Gasteiger partial charge in [-0.25, -0.2) is 0 Å². The molecule has 5 nitrogen and oxygen atoms in total. The van der Waals surface area contributed by atoms with Crippen molar-refractivity contribution in [3.05, 3.63) is 16.6 Å². The van der Waals surface area contributed by atoms with E-state index in [2.05, 4.69) is 10.3 Å². The number of aliphatic hydroxyl groups is 1. The zero-order valence-electron chi connectivity index (χ0n) is 8.47. The molecule has 0 aliphatic rings. The van der Waals surface area contributed by atoms with Crippen molar-refractivity contribution in [1.29, 1.82) is 0 Å². The van der Waals surface area contributed by atoms with E-state index in [1.165, 1.54) is 17.5 Å². The predicted octanol–water partition coefficient (Wildman–Crippen LogP) is 0.270. The van der Waals surface area contributed by atoms with E-state index in [4.69, 9.17) is 9.84 Å². The maximum atomic E-state index is 11.6. The molecule has 0 bridgehead atoms. The van der Waals surface area contributed by atoms with Crippen LogP contribution in [-0.2, 0) is 4.74 Å². The average molecular weight is 230 g/mol. The third-order valence-electron chi connectivity index (χ3n) is 1.84. The number of methoxy groups -OCH3 is 1. The SMILES string of the molecule is COCC(CCO)NC(=O)c1cncs1. The van der Waals surface area contributed by atoms with Crippen molar-refractivity contribution in [3.63, 3.8) is 0 Å². The number of thiazole rings is 1. The van der Waals surface area contributed by atoms with Gasteiger partial charge in [0.2, 0.25) is 0 Å². The van der Waals surface area contributed by atoms with Crippen molar-refractivity contribution in [2.75, 3.05) is 20.3 Å². The first-order chi connectivity index (χ1) is 7.27. The zero-order chi connectivity index (χ0) is 11.1. The lowest BCUT2D eigenvalue weighted by molar-refractivity contribution is 0.0882. The number of hydrogen-bond acceptors (Lipinski definition) is 5. The van der Waals surface area contributed by atoms with Crippen LogP contribution in [0, 0.1) is 0 Å². The van der Waals surface area contributed by atoms with Crippen LogP contribution in [0.5, 0.6) is 0 Å². The van der Waals surface area contributed by atoms with E-state index >= 15 is 0 Å². The highest BCUT2D eigenvalue weighted by Gasteiger charge is 2.13. The number of amides is 1. The first-order valence-corrected chi connectivity index (χ1v) is 5.45. The van der Waals surface area contributed by atoms with Crippen LogP contribution >= 0.6 is 11.3 Å². The molecule has 1 unspecified atom stereocenters. The molecule has 6 heteroatoms. The molecule has 1 amide bonds. The summed E-state index contributed by atoms with van der Waals surface area (Å²) in [6.07, 6.45) is 2.00. The molecule has 0 saturated carbocycles. The number of aliphatic hydroxyl groups excluding tert-OH is 1. The van der Waals surface area contributed by atoms with E-state index in [1.54, 1.807) is 12.6 Å². The maximum Gasteiger partial charge on any atom is 0.263 e. The third kappa shape index (κ3) is 3.94. The van der Waals surface area contributed by atoms with Gasteiger partial charge in [-0.05, 0) is 6.42 Å². The van der Waals surface area contributed by atoms with Gasteiger partial charge in [0.15, 0.2) is 0 Å². The molecule has 0 aliphatic carbocycles. The van der Waals surface area contributed by atoms with Gasteiger partial charge in [0, 0.05) is 13.7 Å². The van der Waals surface area contributed by atoms with Crippen molar-refractivity contribution in [3.8, 4) is 0 Å². The molecule has 1 atom stereocenters. The number of hydrogen-bond donors (Lipinski definition) is 2. The maximum absolute atomic E-state index is 11.6. The minimum Gasteiger partial charge on any atom is -0.396 e. The third-order valence-corrected chi connectivity index (χ3v) is 2.61. The van der Waals surface area contributed by atoms with Gasteiger partial charge in [-0.1, -0.05) is 0 Å². The summed E-state index contributed by atoms with van der Waals surface area (Å²) in [6, 6.07) is -0.158. The van der Waals surface area contributed by atoms with E-state index in [0.29, 0.717) is 17.9 Å². The van der Waals surface area contributed by atoms with Crippen molar-refractivity contribution in [1.82, 2.24) is 10.3 Å². The smallest absolute Gasteiger partial charge is 0.263 e. The highest BCUT2D eigenvalue weighted by atomic mass is 32.1. The largest absolute Gasteiger partial charge is 0.396 e. The second-order valence-electron chi connectivity index (χ2n) is 3.00. The van der Waals surface area contributed by atoms with E-state index < -0.39 is 0 Å². The van der Waals surface area contributed by atoms with E-state index in [-0.39, 0.29) is 18.6 Å². The highest BCUT2D eigenvalue weighted by Crippen LogP contribution is 2.05. The number of nitrogens with one attached hydrogen (secondary N) is 1. The lowest BCUT2D eigenvalue weighted by Crippen LogP contribution is -2.38. The van der Waals surface area contributed by atoms with Gasteiger partial charge in [-0.2, -0.15) is 0 Å². The molecule has 15 heavy (non-hydrogen) atoms. The second-order valence-corrected chi connectivity index (χ2v) is 3.89. The molecule has 1 heterocycles. The minimum atomic E-state index is -0.173. The molecular formula is C9H14N2O3S. The first-order valence-electron chi connectivity index (χ1n) is 4.57. The molecule has 0 aromatic carbocycles. The molecule has 0 saturated heterocycles. The van der Waals surface area contributed by atoms with E-state index in [0.717, 1.165) is 0 Å².